The molecule has 86 valence electrons. The van der Waals surface area contributed by atoms with Crippen molar-refractivity contribution in [2.24, 2.45) is 7.05 Å². The molecule has 0 aliphatic heterocycles. The van der Waals surface area contributed by atoms with Crippen molar-refractivity contribution < 1.29 is 5.11 Å². The normalized spacial score (nSPS) is 13.0. The van der Waals surface area contributed by atoms with Gasteiger partial charge in [0.2, 0.25) is 0 Å². The number of nitrogens with zero attached hydrogens (tertiary/aromatic N) is 2. The van der Waals surface area contributed by atoms with E-state index in [1.807, 2.05) is 19.3 Å². The van der Waals surface area contributed by atoms with Crippen LogP contribution < -0.4 is 0 Å². The largest absolute Gasteiger partial charge is 0.388 e. The van der Waals surface area contributed by atoms with Crippen molar-refractivity contribution in [3.63, 3.8) is 0 Å². The second-order valence-electron chi connectivity index (χ2n) is 3.52. The second kappa shape index (κ2) is 5.00. The van der Waals surface area contributed by atoms with Crippen LogP contribution in [0.3, 0.4) is 0 Å². The third-order valence-corrected chi connectivity index (χ3v) is 4.62. The number of thiophene rings is 1. The Labute approximate surface area is 114 Å². The molecule has 0 radical (unpaired) electrons. The third-order valence-electron chi connectivity index (χ3n) is 2.23. The minimum absolute atomic E-state index is 0.499. The van der Waals surface area contributed by atoms with Crippen LogP contribution in [0.5, 0.6) is 0 Å². The molecule has 0 saturated heterocycles. The number of hydrogen-bond donors (Lipinski definition) is 1. The number of hydrogen-bond acceptors (Lipinski definition) is 3. The fourth-order valence-electron chi connectivity index (χ4n) is 1.49. The van der Waals surface area contributed by atoms with Gasteiger partial charge >= 0.3 is 0 Å². The van der Waals surface area contributed by atoms with Crippen LogP contribution >= 0.6 is 43.2 Å². The first kappa shape index (κ1) is 12.3. The zero-order chi connectivity index (χ0) is 11.7. The summed E-state index contributed by atoms with van der Waals surface area (Å²) < 4.78 is 3.72. The molecule has 16 heavy (non-hydrogen) atoms. The monoisotopic (exact) mass is 364 g/mol. The van der Waals surface area contributed by atoms with Crippen molar-refractivity contribution in [2.45, 2.75) is 12.5 Å². The summed E-state index contributed by atoms with van der Waals surface area (Å²) in [4.78, 5) is 0. The lowest BCUT2D eigenvalue weighted by molar-refractivity contribution is 0.178. The topological polar surface area (TPSA) is 38.0 Å². The highest BCUT2D eigenvalue weighted by Gasteiger charge is 2.15. The van der Waals surface area contributed by atoms with Gasteiger partial charge in [-0.25, -0.2) is 0 Å². The Morgan fingerprint density at radius 2 is 2.31 bits per heavy atom. The average molecular weight is 366 g/mol. The van der Waals surface area contributed by atoms with Gasteiger partial charge in [0.05, 0.1) is 19.9 Å². The molecule has 1 N–H and O–H groups in total. The van der Waals surface area contributed by atoms with Gasteiger partial charge in [-0.3, -0.25) is 4.68 Å². The highest BCUT2D eigenvalue weighted by atomic mass is 79.9. The maximum Gasteiger partial charge on any atom is 0.0851 e. The molecule has 2 rings (SSSR count). The van der Waals surface area contributed by atoms with Crippen LogP contribution in [0.2, 0.25) is 0 Å². The van der Waals surface area contributed by atoms with Crippen LogP contribution in [0.4, 0.5) is 0 Å². The Kier molecular flexibility index (Phi) is 3.84. The first-order chi connectivity index (χ1) is 7.56. The van der Waals surface area contributed by atoms with Crippen LogP contribution in [0.25, 0.3) is 0 Å². The molecule has 2 aromatic rings. The van der Waals surface area contributed by atoms with Crippen LogP contribution in [0.15, 0.2) is 26.0 Å². The Hall–Kier alpha value is -0.170. The summed E-state index contributed by atoms with van der Waals surface area (Å²) in [6.45, 7) is 0. The predicted molar refractivity (Wildman–Crippen MR) is 71.6 cm³/mol. The SMILES string of the molecule is Cn1cc(CC(O)c2cc(Br)sc2Br)cn1. The first-order valence-electron chi connectivity index (χ1n) is 4.66. The Bertz CT molecular complexity index is 495. The van der Waals surface area contributed by atoms with Crippen LogP contribution in [-0.2, 0) is 13.5 Å². The van der Waals surface area contributed by atoms with Gasteiger partial charge in [0.25, 0.3) is 0 Å². The van der Waals surface area contributed by atoms with E-state index in [1.54, 1.807) is 22.2 Å². The molecule has 0 spiro atoms. The quantitative estimate of drug-likeness (QED) is 0.906. The van der Waals surface area contributed by atoms with E-state index in [9.17, 15) is 5.11 Å². The maximum absolute atomic E-state index is 10.1. The van der Waals surface area contributed by atoms with Gasteiger partial charge in [-0.15, -0.1) is 11.3 Å². The van der Waals surface area contributed by atoms with E-state index in [0.717, 1.165) is 18.7 Å². The summed E-state index contributed by atoms with van der Waals surface area (Å²) in [5, 5.41) is 14.2. The Morgan fingerprint density at radius 3 is 2.81 bits per heavy atom. The van der Waals surface area contributed by atoms with Gasteiger partial charge in [-0.1, -0.05) is 0 Å². The van der Waals surface area contributed by atoms with E-state index in [0.29, 0.717) is 6.42 Å². The van der Waals surface area contributed by atoms with E-state index in [4.69, 9.17) is 0 Å². The molecule has 6 heteroatoms. The van der Waals surface area contributed by atoms with Crippen molar-refractivity contribution >= 4 is 43.2 Å². The van der Waals surface area contributed by atoms with Gasteiger partial charge in [-0.2, -0.15) is 5.10 Å². The zero-order valence-corrected chi connectivity index (χ0v) is 12.5. The summed E-state index contributed by atoms with van der Waals surface area (Å²) in [5.74, 6) is 0. The molecular formula is C10H10Br2N2OS. The Balaban J connectivity index is 2.14. The molecule has 0 fully saturated rings. The number of aromatic nitrogens is 2. The molecule has 1 unspecified atom stereocenters. The van der Waals surface area contributed by atoms with E-state index in [1.165, 1.54) is 0 Å². The summed E-state index contributed by atoms with van der Waals surface area (Å²) in [7, 11) is 1.87. The van der Waals surface area contributed by atoms with Crippen LogP contribution in [-0.4, -0.2) is 14.9 Å². The van der Waals surface area contributed by atoms with Gasteiger partial charge in [0, 0.05) is 25.2 Å². The second-order valence-corrected chi connectivity index (χ2v) is 7.27. The summed E-state index contributed by atoms with van der Waals surface area (Å²) in [5.41, 5.74) is 1.95. The lowest BCUT2D eigenvalue weighted by Crippen LogP contribution is -2.00. The molecule has 2 heterocycles. The van der Waals surface area contributed by atoms with Crippen molar-refractivity contribution in [3.05, 3.63) is 37.2 Å². The standard InChI is InChI=1S/C10H10Br2N2OS/c1-14-5-6(4-13-14)2-8(15)7-3-9(11)16-10(7)12/h3-5,8,15H,2H2,1H3. The van der Waals surface area contributed by atoms with Gasteiger partial charge in [-0.05, 0) is 43.5 Å². The molecule has 1 atom stereocenters. The van der Waals surface area contributed by atoms with Crippen molar-refractivity contribution in [1.82, 2.24) is 9.78 Å². The summed E-state index contributed by atoms with van der Waals surface area (Å²) >= 11 is 8.41. The van der Waals surface area contributed by atoms with Crippen molar-refractivity contribution in [1.29, 1.82) is 0 Å². The fraction of sp³-hybridized carbons (Fsp3) is 0.300. The number of aliphatic hydroxyl groups excluding tert-OH is 1. The molecule has 0 saturated carbocycles. The van der Waals surface area contributed by atoms with Gasteiger partial charge in [0.15, 0.2) is 0 Å². The van der Waals surface area contributed by atoms with Crippen molar-refractivity contribution in [3.8, 4) is 0 Å². The van der Waals surface area contributed by atoms with Gasteiger partial charge in [0.1, 0.15) is 0 Å². The number of rotatable bonds is 3. The highest BCUT2D eigenvalue weighted by molar-refractivity contribution is 9.12. The predicted octanol–water partition coefficient (Wildman–Crippen LogP) is 3.28. The summed E-state index contributed by atoms with van der Waals surface area (Å²) in [6, 6.07) is 1.94. The van der Waals surface area contributed by atoms with Crippen molar-refractivity contribution in [2.75, 3.05) is 0 Å². The van der Waals surface area contributed by atoms with Gasteiger partial charge < -0.3 is 5.11 Å². The molecule has 0 aromatic carbocycles. The lowest BCUT2D eigenvalue weighted by Gasteiger charge is -2.07. The molecule has 0 aliphatic carbocycles. The number of aliphatic hydroxyl groups is 1. The van der Waals surface area contributed by atoms with Crippen LogP contribution in [0, 0.1) is 0 Å². The van der Waals surface area contributed by atoms with E-state index in [-0.39, 0.29) is 0 Å². The minimum atomic E-state index is -0.499. The smallest absolute Gasteiger partial charge is 0.0851 e. The van der Waals surface area contributed by atoms with E-state index >= 15 is 0 Å². The molecule has 2 aromatic heterocycles. The zero-order valence-electron chi connectivity index (χ0n) is 8.52. The fourth-order valence-corrected chi connectivity index (χ4v) is 4.45. The van der Waals surface area contributed by atoms with Crippen LogP contribution in [0.1, 0.15) is 17.2 Å². The third kappa shape index (κ3) is 2.74. The molecule has 3 nitrogen and oxygen atoms in total. The molecular weight excluding hydrogens is 356 g/mol. The molecule has 0 bridgehead atoms. The minimum Gasteiger partial charge on any atom is -0.388 e. The lowest BCUT2D eigenvalue weighted by atomic mass is 10.1. The number of halogens is 2. The molecule has 0 aliphatic rings. The van der Waals surface area contributed by atoms with E-state index in [2.05, 4.69) is 37.0 Å². The average Bonchev–Trinajstić information content (AvgIpc) is 2.73. The Morgan fingerprint density at radius 1 is 1.56 bits per heavy atom. The maximum atomic E-state index is 10.1. The highest BCUT2D eigenvalue weighted by Crippen LogP contribution is 2.36. The first-order valence-corrected chi connectivity index (χ1v) is 7.07. The molecule has 0 amide bonds. The van der Waals surface area contributed by atoms with E-state index < -0.39 is 6.10 Å². The summed E-state index contributed by atoms with van der Waals surface area (Å²) in [6.07, 6.45) is 3.77. The number of aryl methyl sites for hydroxylation is 1.